The Morgan fingerprint density at radius 2 is 1.33 bits per heavy atom. The minimum Gasteiger partial charge on any atom is -0.475 e. The van der Waals surface area contributed by atoms with Gasteiger partial charge in [0, 0.05) is 10.9 Å². The van der Waals surface area contributed by atoms with Gasteiger partial charge >= 0.3 is 0 Å². The normalized spacial score (nSPS) is 14.1. The van der Waals surface area contributed by atoms with Crippen molar-refractivity contribution in [1.29, 1.82) is 0 Å². The molecule has 9 rings (SSSR count). The van der Waals surface area contributed by atoms with Crippen LogP contribution >= 0.6 is 0 Å². The van der Waals surface area contributed by atoms with Crippen LogP contribution in [-0.4, -0.2) is 27.6 Å². The predicted molar refractivity (Wildman–Crippen MR) is 219 cm³/mol. The third-order valence-electron chi connectivity index (χ3n) is 10.5. The van der Waals surface area contributed by atoms with Gasteiger partial charge in [-0.1, -0.05) is 107 Å². The number of para-hydroxylation sites is 3. The smallest absolute Gasteiger partial charge is 0.217 e. The van der Waals surface area contributed by atoms with E-state index in [1.165, 1.54) is 39.4 Å². The molecule has 268 valence electrons. The Balaban J connectivity index is 1.25. The van der Waals surface area contributed by atoms with E-state index in [1.807, 2.05) is 50.2 Å². The highest BCUT2D eigenvalue weighted by Crippen LogP contribution is 2.43. The summed E-state index contributed by atoms with van der Waals surface area (Å²) in [5.74, 6) is 1.21. The molecule has 54 heavy (non-hydrogen) atoms. The Kier molecular flexibility index (Phi) is 8.04. The fourth-order valence-corrected chi connectivity index (χ4v) is 7.81. The van der Waals surface area contributed by atoms with Gasteiger partial charge in [0.05, 0.1) is 33.2 Å². The number of nitrogens with zero attached hydrogens (tertiary/aromatic N) is 3. The highest BCUT2D eigenvalue weighted by Gasteiger charge is 2.29. The van der Waals surface area contributed by atoms with Crippen LogP contribution in [0.2, 0.25) is 0 Å². The predicted octanol–water partition coefficient (Wildman–Crippen LogP) is 12.9. The van der Waals surface area contributed by atoms with E-state index in [-0.39, 0.29) is 23.2 Å². The number of benzene rings is 6. The van der Waals surface area contributed by atoms with Crippen molar-refractivity contribution < 1.29 is 13.5 Å². The van der Waals surface area contributed by atoms with Crippen molar-refractivity contribution in [3.05, 3.63) is 144 Å². The molecule has 5 nitrogen and oxygen atoms in total. The van der Waals surface area contributed by atoms with Crippen molar-refractivity contribution in [2.45, 2.75) is 58.9 Å². The van der Waals surface area contributed by atoms with Gasteiger partial charge in [-0.05, 0) is 102 Å². The Labute approximate surface area is 314 Å². The summed E-state index contributed by atoms with van der Waals surface area (Å²) in [5, 5.41) is 1.13. The van der Waals surface area contributed by atoms with Gasteiger partial charge in [0.2, 0.25) is 5.90 Å². The topological polar surface area (TPSA) is 52.5 Å². The Morgan fingerprint density at radius 3 is 2.00 bits per heavy atom. The molecule has 2 aromatic heterocycles. The zero-order valence-electron chi connectivity index (χ0n) is 31.4. The molecule has 8 aromatic rings. The first kappa shape index (κ1) is 33.8. The zero-order chi connectivity index (χ0) is 37.3. The van der Waals surface area contributed by atoms with Gasteiger partial charge in [0.15, 0.2) is 0 Å². The lowest BCUT2D eigenvalue weighted by Gasteiger charge is -2.24. The third kappa shape index (κ3) is 5.68. The van der Waals surface area contributed by atoms with Crippen LogP contribution in [-0.2, 0) is 4.74 Å². The van der Waals surface area contributed by atoms with E-state index < -0.39 is 0 Å². The van der Waals surface area contributed by atoms with Gasteiger partial charge in [-0.15, -0.1) is 0 Å². The van der Waals surface area contributed by atoms with Crippen molar-refractivity contribution in [3.8, 4) is 39.3 Å². The molecular weight excluding hydrogens is 670 g/mol. The molecular formula is C48H42FN3O2. The van der Waals surface area contributed by atoms with Gasteiger partial charge in [-0.3, -0.25) is 4.57 Å². The summed E-state index contributed by atoms with van der Waals surface area (Å²) < 4.78 is 30.9. The molecule has 0 atom stereocenters. The number of ether oxygens (including phenoxy) is 1. The van der Waals surface area contributed by atoms with Crippen molar-refractivity contribution in [2.24, 2.45) is 4.99 Å². The molecule has 0 radical (unpaired) electrons. The van der Waals surface area contributed by atoms with E-state index in [0.717, 1.165) is 28.1 Å². The Hall–Kier alpha value is -6.01. The van der Waals surface area contributed by atoms with Crippen LogP contribution in [0.25, 0.3) is 72.3 Å². The average Bonchev–Trinajstić information content (AvgIpc) is 3.87. The second-order valence-corrected chi connectivity index (χ2v) is 15.6. The molecule has 6 heteroatoms. The van der Waals surface area contributed by atoms with Crippen molar-refractivity contribution in [2.75, 3.05) is 6.61 Å². The van der Waals surface area contributed by atoms with E-state index >= 15 is 4.39 Å². The highest BCUT2D eigenvalue weighted by molar-refractivity contribution is 6.11. The maximum atomic E-state index is 16.1. The van der Waals surface area contributed by atoms with Crippen LogP contribution in [0.1, 0.15) is 70.1 Å². The van der Waals surface area contributed by atoms with Crippen molar-refractivity contribution in [1.82, 2.24) is 9.55 Å². The SMILES string of the molecule is CC(C)c1cc(-c2ccc(-c3ccccc3)cc2)cc(C(C)C)c1-n1c(-c2cccc3c2oc2cc(C4=NC(C)(C)CO4)cc(F)c23)nc2ccccc21. The number of hydrogen-bond donors (Lipinski definition) is 0. The van der Waals surface area contributed by atoms with Crippen LogP contribution in [0.5, 0.6) is 0 Å². The minimum absolute atomic E-state index is 0.204. The summed E-state index contributed by atoms with van der Waals surface area (Å²) in [4.78, 5) is 9.98. The molecule has 1 aliphatic heterocycles. The first-order chi connectivity index (χ1) is 26.1. The standard InChI is InChI=1S/C48H42FN3O2/c1-28(2)37-23-33(32-21-19-31(20-22-32)30-13-8-7-9-14-30)24-38(29(3)4)44(37)52-41-18-11-10-17-40(41)50-46(52)36-16-12-15-35-43-39(49)25-34(26-42(43)54-45(35)36)47-51-48(5,6)27-53-47/h7-26,28-29H,27H2,1-6H3. The lowest BCUT2D eigenvalue weighted by Crippen LogP contribution is -2.17. The van der Waals surface area contributed by atoms with Gasteiger partial charge in [0.1, 0.15) is 29.4 Å². The van der Waals surface area contributed by atoms with Crippen LogP contribution in [0, 0.1) is 5.82 Å². The first-order valence-electron chi connectivity index (χ1n) is 18.8. The number of aromatic nitrogens is 2. The summed E-state index contributed by atoms with van der Waals surface area (Å²) >= 11 is 0. The average molecular weight is 712 g/mol. The van der Waals surface area contributed by atoms with E-state index in [2.05, 4.69) is 116 Å². The quantitative estimate of drug-likeness (QED) is 0.165. The van der Waals surface area contributed by atoms with Gasteiger partial charge < -0.3 is 9.15 Å². The number of fused-ring (bicyclic) bond motifs is 4. The number of rotatable bonds is 7. The van der Waals surface area contributed by atoms with Gasteiger partial charge in [-0.2, -0.15) is 0 Å². The van der Waals surface area contributed by atoms with Gasteiger partial charge in [-0.25, -0.2) is 14.4 Å². The molecule has 0 N–H and O–H groups in total. The van der Waals surface area contributed by atoms with E-state index in [1.54, 1.807) is 0 Å². The second-order valence-electron chi connectivity index (χ2n) is 15.6. The molecule has 0 saturated carbocycles. The van der Waals surface area contributed by atoms with Crippen molar-refractivity contribution >= 4 is 38.9 Å². The van der Waals surface area contributed by atoms with Crippen LogP contribution in [0.4, 0.5) is 4.39 Å². The molecule has 0 saturated heterocycles. The zero-order valence-corrected chi connectivity index (χ0v) is 31.4. The number of halogens is 1. The fraction of sp³-hybridized carbons (Fsp3) is 0.208. The highest BCUT2D eigenvalue weighted by atomic mass is 19.1. The molecule has 6 aromatic carbocycles. The number of furan rings is 1. The monoisotopic (exact) mass is 711 g/mol. The molecule has 0 aliphatic carbocycles. The summed E-state index contributed by atoms with van der Waals surface area (Å²) in [7, 11) is 0. The molecule has 0 bridgehead atoms. The lowest BCUT2D eigenvalue weighted by molar-refractivity contribution is 0.279. The van der Waals surface area contributed by atoms with E-state index in [0.29, 0.717) is 40.0 Å². The first-order valence-corrected chi connectivity index (χ1v) is 18.8. The summed E-state index contributed by atoms with van der Waals surface area (Å²) in [6, 6.07) is 41.5. The Morgan fingerprint density at radius 1 is 0.685 bits per heavy atom. The third-order valence-corrected chi connectivity index (χ3v) is 10.5. The lowest BCUT2D eigenvalue weighted by atomic mass is 9.87. The molecule has 0 unspecified atom stereocenters. The summed E-state index contributed by atoms with van der Waals surface area (Å²) in [5.41, 5.74) is 12.2. The van der Waals surface area contributed by atoms with Crippen LogP contribution < -0.4 is 0 Å². The van der Waals surface area contributed by atoms with Crippen molar-refractivity contribution in [3.63, 3.8) is 0 Å². The number of hydrogen-bond acceptors (Lipinski definition) is 4. The fourth-order valence-electron chi connectivity index (χ4n) is 7.81. The van der Waals surface area contributed by atoms with Crippen LogP contribution in [0.3, 0.4) is 0 Å². The number of imidazole rings is 1. The molecule has 0 amide bonds. The minimum atomic E-state index is -0.375. The molecule has 0 fully saturated rings. The van der Waals surface area contributed by atoms with Gasteiger partial charge in [0.25, 0.3) is 0 Å². The summed E-state index contributed by atoms with van der Waals surface area (Å²) in [6.45, 7) is 13.5. The molecule has 0 spiro atoms. The molecule has 1 aliphatic rings. The van der Waals surface area contributed by atoms with E-state index in [9.17, 15) is 0 Å². The van der Waals surface area contributed by atoms with E-state index in [4.69, 9.17) is 14.1 Å². The maximum absolute atomic E-state index is 16.1. The summed E-state index contributed by atoms with van der Waals surface area (Å²) in [6.07, 6.45) is 0. The van der Waals surface area contributed by atoms with Crippen LogP contribution in [0.15, 0.2) is 131 Å². The largest absolute Gasteiger partial charge is 0.475 e. The number of aliphatic imine (C=N–C) groups is 1. The molecule has 3 heterocycles. The maximum Gasteiger partial charge on any atom is 0.217 e. The Bertz CT molecular complexity index is 2720. The second kappa shape index (κ2) is 12.8.